The van der Waals surface area contributed by atoms with Crippen LogP contribution >= 0.6 is 0 Å². The number of rotatable bonds is 11. The van der Waals surface area contributed by atoms with Gasteiger partial charge in [-0.3, -0.25) is 0 Å². The number of para-hydroxylation sites is 4. The van der Waals surface area contributed by atoms with Crippen molar-refractivity contribution in [2.75, 3.05) is 9.80 Å². The van der Waals surface area contributed by atoms with Crippen LogP contribution in [0.5, 0.6) is 0 Å². The van der Waals surface area contributed by atoms with Crippen molar-refractivity contribution in [3.8, 4) is 11.1 Å². The van der Waals surface area contributed by atoms with Gasteiger partial charge in [-0.25, -0.2) is 0 Å². The summed E-state index contributed by atoms with van der Waals surface area (Å²) in [5.41, 5.74) is 11.6. The Labute approximate surface area is 261 Å². The molecule has 6 rings (SSSR count). The lowest BCUT2D eigenvalue weighted by molar-refractivity contribution is 1.21. The first-order valence-electron chi connectivity index (χ1n) is 15.1. The van der Waals surface area contributed by atoms with Crippen LogP contribution in [-0.2, 0) is 12.8 Å². The summed E-state index contributed by atoms with van der Waals surface area (Å²) in [7, 11) is 0. The molecule has 0 amide bonds. The largest absolute Gasteiger partial charge is 0.310 e. The van der Waals surface area contributed by atoms with Gasteiger partial charge in [0.2, 0.25) is 0 Å². The van der Waals surface area contributed by atoms with Crippen molar-refractivity contribution in [3.05, 3.63) is 194 Å². The Hall–Kier alpha value is -5.60. The average molecular weight is 569 g/mol. The van der Waals surface area contributed by atoms with Crippen LogP contribution in [0.3, 0.4) is 0 Å². The van der Waals surface area contributed by atoms with E-state index in [1.807, 2.05) is 12.2 Å². The van der Waals surface area contributed by atoms with Gasteiger partial charge >= 0.3 is 0 Å². The first-order valence-corrected chi connectivity index (χ1v) is 15.1. The maximum atomic E-state index is 4.11. The molecule has 0 radical (unpaired) electrons. The van der Waals surface area contributed by atoms with Crippen LogP contribution < -0.4 is 9.80 Å². The first kappa shape index (κ1) is 28.5. The standard InChI is InChI=1S/C42H36N2/c1-3-17-33-31-39(43(35-19-9-5-10-20-35)36-21-11-6-12-22-36)27-29-41(33)42-30-28-40(32-34(42)18-4-2)44(37-23-13-7-14-24-37)38-25-15-8-16-26-38/h3-16,19-32H,1-2,17-18H2. The molecule has 0 fully saturated rings. The molecule has 0 saturated carbocycles. The summed E-state index contributed by atoms with van der Waals surface area (Å²) in [6.45, 7) is 8.22. The molecule has 0 heterocycles. The van der Waals surface area contributed by atoms with Crippen LogP contribution in [-0.4, -0.2) is 0 Å². The molecule has 0 bridgehead atoms. The predicted molar refractivity (Wildman–Crippen MR) is 189 cm³/mol. The number of allylic oxidation sites excluding steroid dienone is 2. The van der Waals surface area contributed by atoms with Gasteiger partial charge in [-0.15, -0.1) is 13.2 Å². The second-order valence-corrected chi connectivity index (χ2v) is 10.7. The van der Waals surface area contributed by atoms with Crippen molar-refractivity contribution in [2.24, 2.45) is 0 Å². The van der Waals surface area contributed by atoms with Gasteiger partial charge < -0.3 is 9.80 Å². The molecule has 0 aliphatic heterocycles. The Balaban J connectivity index is 1.47. The Bertz CT molecular complexity index is 1610. The minimum Gasteiger partial charge on any atom is -0.310 e. The highest BCUT2D eigenvalue weighted by Crippen LogP contribution is 2.40. The monoisotopic (exact) mass is 568 g/mol. The van der Waals surface area contributed by atoms with E-state index in [2.05, 4.69) is 181 Å². The molecule has 0 spiro atoms. The van der Waals surface area contributed by atoms with E-state index in [0.717, 1.165) is 47.0 Å². The summed E-state index contributed by atoms with van der Waals surface area (Å²) in [6.07, 6.45) is 5.50. The molecule has 0 unspecified atom stereocenters. The molecule has 0 aliphatic rings. The smallest absolute Gasteiger partial charge is 0.0464 e. The van der Waals surface area contributed by atoms with Crippen LogP contribution in [0.15, 0.2) is 183 Å². The summed E-state index contributed by atoms with van der Waals surface area (Å²) < 4.78 is 0. The predicted octanol–water partition coefficient (Wildman–Crippen LogP) is 11.8. The fourth-order valence-corrected chi connectivity index (χ4v) is 5.82. The Morgan fingerprint density at radius 1 is 0.364 bits per heavy atom. The van der Waals surface area contributed by atoms with E-state index in [1.54, 1.807) is 0 Å². The number of anilines is 6. The van der Waals surface area contributed by atoms with Gasteiger partial charge in [-0.1, -0.05) is 97.1 Å². The third kappa shape index (κ3) is 6.11. The van der Waals surface area contributed by atoms with E-state index in [0.29, 0.717) is 0 Å². The fourth-order valence-electron chi connectivity index (χ4n) is 5.82. The second kappa shape index (κ2) is 13.6. The van der Waals surface area contributed by atoms with Crippen molar-refractivity contribution in [3.63, 3.8) is 0 Å². The van der Waals surface area contributed by atoms with Crippen molar-refractivity contribution in [1.82, 2.24) is 0 Å². The van der Waals surface area contributed by atoms with Crippen molar-refractivity contribution >= 4 is 34.1 Å². The van der Waals surface area contributed by atoms with E-state index in [4.69, 9.17) is 0 Å². The zero-order valence-corrected chi connectivity index (χ0v) is 24.9. The van der Waals surface area contributed by atoms with E-state index < -0.39 is 0 Å². The van der Waals surface area contributed by atoms with Crippen LogP contribution in [0, 0.1) is 0 Å². The van der Waals surface area contributed by atoms with Gasteiger partial charge in [0, 0.05) is 34.1 Å². The molecule has 44 heavy (non-hydrogen) atoms. The molecule has 0 atom stereocenters. The highest BCUT2D eigenvalue weighted by atomic mass is 15.1. The molecule has 2 heteroatoms. The molecular weight excluding hydrogens is 532 g/mol. The Kier molecular flexibility index (Phi) is 8.80. The minimum absolute atomic E-state index is 0.760. The first-order chi connectivity index (χ1) is 21.8. The van der Waals surface area contributed by atoms with Crippen LogP contribution in [0.4, 0.5) is 34.1 Å². The number of hydrogen-bond acceptors (Lipinski definition) is 2. The van der Waals surface area contributed by atoms with Crippen LogP contribution in [0.1, 0.15) is 11.1 Å². The molecule has 0 saturated heterocycles. The molecule has 6 aromatic rings. The molecule has 2 nitrogen and oxygen atoms in total. The minimum atomic E-state index is 0.760. The normalized spacial score (nSPS) is 10.6. The van der Waals surface area contributed by atoms with Gasteiger partial charge in [-0.05, 0) is 108 Å². The summed E-state index contributed by atoms with van der Waals surface area (Å²) >= 11 is 0. The van der Waals surface area contributed by atoms with Gasteiger partial charge in [0.15, 0.2) is 0 Å². The van der Waals surface area contributed by atoms with Crippen LogP contribution in [0.2, 0.25) is 0 Å². The van der Waals surface area contributed by atoms with Crippen molar-refractivity contribution in [1.29, 1.82) is 0 Å². The number of benzene rings is 6. The zero-order chi connectivity index (χ0) is 30.1. The molecular formula is C42H36N2. The average Bonchev–Trinajstić information content (AvgIpc) is 3.08. The summed E-state index contributed by atoms with van der Waals surface area (Å²) in [5.74, 6) is 0. The third-order valence-corrected chi connectivity index (χ3v) is 7.77. The molecule has 6 aromatic carbocycles. The van der Waals surface area contributed by atoms with Crippen molar-refractivity contribution < 1.29 is 0 Å². The van der Waals surface area contributed by atoms with Gasteiger partial charge in [-0.2, -0.15) is 0 Å². The highest BCUT2D eigenvalue weighted by Gasteiger charge is 2.18. The van der Waals surface area contributed by atoms with E-state index >= 15 is 0 Å². The summed E-state index contributed by atoms with van der Waals surface area (Å²) in [6, 6.07) is 55.7. The maximum absolute atomic E-state index is 4.11. The summed E-state index contributed by atoms with van der Waals surface area (Å²) in [4.78, 5) is 4.61. The van der Waals surface area contributed by atoms with Gasteiger partial charge in [0.05, 0.1) is 0 Å². The lowest BCUT2D eigenvalue weighted by atomic mass is 9.91. The van der Waals surface area contributed by atoms with E-state index in [1.165, 1.54) is 22.3 Å². The Morgan fingerprint density at radius 2 is 0.659 bits per heavy atom. The molecule has 0 aromatic heterocycles. The Morgan fingerprint density at radius 3 is 0.932 bits per heavy atom. The maximum Gasteiger partial charge on any atom is 0.0464 e. The van der Waals surface area contributed by atoms with Gasteiger partial charge in [0.25, 0.3) is 0 Å². The molecule has 0 N–H and O–H groups in total. The van der Waals surface area contributed by atoms with E-state index in [-0.39, 0.29) is 0 Å². The summed E-state index contributed by atoms with van der Waals surface area (Å²) in [5, 5.41) is 0. The second-order valence-electron chi connectivity index (χ2n) is 10.7. The van der Waals surface area contributed by atoms with E-state index in [9.17, 15) is 0 Å². The quantitative estimate of drug-likeness (QED) is 0.143. The third-order valence-electron chi connectivity index (χ3n) is 7.77. The highest BCUT2D eigenvalue weighted by molar-refractivity contribution is 5.83. The van der Waals surface area contributed by atoms with Crippen LogP contribution in [0.25, 0.3) is 11.1 Å². The lowest BCUT2D eigenvalue weighted by Crippen LogP contribution is -2.11. The molecule has 214 valence electrons. The van der Waals surface area contributed by atoms with Crippen molar-refractivity contribution in [2.45, 2.75) is 12.8 Å². The fraction of sp³-hybridized carbons (Fsp3) is 0.0476. The zero-order valence-electron chi connectivity index (χ0n) is 24.9. The number of nitrogens with zero attached hydrogens (tertiary/aromatic N) is 2. The topological polar surface area (TPSA) is 6.48 Å². The van der Waals surface area contributed by atoms with Gasteiger partial charge in [0.1, 0.15) is 0 Å². The lowest BCUT2D eigenvalue weighted by Gasteiger charge is -2.28. The SMILES string of the molecule is C=CCc1cc(N(c2ccccc2)c2ccccc2)ccc1-c1ccc(N(c2ccccc2)c2ccccc2)cc1CC=C. The number of hydrogen-bond donors (Lipinski definition) is 0. The molecule has 0 aliphatic carbocycles.